The number of halogens is 1. The normalized spacial score (nSPS) is 15.0. The van der Waals surface area contributed by atoms with Crippen LogP contribution in [0, 0.1) is 0 Å². The molecule has 0 fully saturated rings. The van der Waals surface area contributed by atoms with E-state index in [9.17, 15) is 4.79 Å². The van der Waals surface area contributed by atoms with E-state index in [1.165, 1.54) is 0 Å². The molecule has 1 aliphatic heterocycles. The second-order valence-corrected chi connectivity index (χ2v) is 4.43. The van der Waals surface area contributed by atoms with Gasteiger partial charge in [0.25, 0.3) is 0 Å². The van der Waals surface area contributed by atoms with Crippen molar-refractivity contribution in [3.8, 4) is 11.5 Å². The molecule has 2 rings (SSSR count). The molecule has 0 bridgehead atoms. The molecule has 0 N–H and O–H groups in total. The van der Waals surface area contributed by atoms with E-state index in [1.54, 1.807) is 0 Å². The van der Waals surface area contributed by atoms with Crippen molar-refractivity contribution in [3.63, 3.8) is 0 Å². The molecule has 80 valence electrons. The predicted octanol–water partition coefficient (Wildman–Crippen LogP) is 2.83. The molecule has 1 heterocycles. The molecule has 1 aliphatic rings. The minimum absolute atomic E-state index is 0.192. The van der Waals surface area contributed by atoms with Crippen molar-refractivity contribution >= 4 is 22.2 Å². The van der Waals surface area contributed by atoms with Crippen LogP contribution in [0.15, 0.2) is 18.2 Å². The highest BCUT2D eigenvalue weighted by Crippen LogP contribution is 2.37. The fourth-order valence-corrected chi connectivity index (χ4v) is 2.04. The van der Waals surface area contributed by atoms with Gasteiger partial charge in [0.1, 0.15) is 6.29 Å². The van der Waals surface area contributed by atoms with Crippen LogP contribution in [0.5, 0.6) is 11.5 Å². The van der Waals surface area contributed by atoms with Crippen LogP contribution >= 0.6 is 15.9 Å². The first kappa shape index (κ1) is 10.5. The van der Waals surface area contributed by atoms with Crippen LogP contribution in [0.3, 0.4) is 0 Å². The van der Waals surface area contributed by atoms with Crippen LogP contribution < -0.4 is 9.47 Å². The Kier molecular flexibility index (Phi) is 3.26. The molecule has 0 aliphatic carbocycles. The van der Waals surface area contributed by atoms with Gasteiger partial charge in [0.2, 0.25) is 6.79 Å². The SMILES string of the molecule is O=CCCC(Br)c1ccc2c(c1)OCO2. The summed E-state index contributed by atoms with van der Waals surface area (Å²) in [6.07, 6.45) is 2.29. The fraction of sp³-hybridized carbons (Fsp3) is 0.364. The zero-order valence-electron chi connectivity index (χ0n) is 8.11. The van der Waals surface area contributed by atoms with Crippen molar-refractivity contribution in [3.05, 3.63) is 23.8 Å². The molecule has 1 atom stereocenters. The number of alkyl halides is 1. The lowest BCUT2D eigenvalue weighted by Gasteiger charge is -2.08. The highest BCUT2D eigenvalue weighted by Gasteiger charge is 2.16. The first-order valence-electron chi connectivity index (χ1n) is 4.78. The maximum absolute atomic E-state index is 10.3. The summed E-state index contributed by atoms with van der Waals surface area (Å²) >= 11 is 3.54. The van der Waals surface area contributed by atoms with Crippen LogP contribution in [0.1, 0.15) is 23.2 Å². The van der Waals surface area contributed by atoms with Gasteiger partial charge in [-0.15, -0.1) is 0 Å². The summed E-state index contributed by atoms with van der Waals surface area (Å²) < 4.78 is 10.5. The first-order chi connectivity index (χ1) is 7.31. The summed E-state index contributed by atoms with van der Waals surface area (Å²) in [4.78, 5) is 10.5. The van der Waals surface area contributed by atoms with E-state index < -0.39 is 0 Å². The minimum atomic E-state index is 0.192. The van der Waals surface area contributed by atoms with Crippen molar-refractivity contribution in [1.29, 1.82) is 0 Å². The van der Waals surface area contributed by atoms with E-state index in [-0.39, 0.29) is 4.83 Å². The van der Waals surface area contributed by atoms with Gasteiger partial charge in [-0.1, -0.05) is 22.0 Å². The third kappa shape index (κ3) is 2.31. The molecule has 4 heteroatoms. The Morgan fingerprint density at radius 2 is 2.20 bits per heavy atom. The van der Waals surface area contributed by atoms with Gasteiger partial charge in [0.15, 0.2) is 11.5 Å². The summed E-state index contributed by atoms with van der Waals surface area (Å²) in [7, 11) is 0. The number of hydrogen-bond acceptors (Lipinski definition) is 3. The molecule has 0 aromatic heterocycles. The second kappa shape index (κ2) is 4.66. The van der Waals surface area contributed by atoms with E-state index in [0.29, 0.717) is 13.2 Å². The zero-order chi connectivity index (χ0) is 10.7. The lowest BCUT2D eigenvalue weighted by atomic mass is 10.1. The van der Waals surface area contributed by atoms with Crippen LogP contribution in [-0.2, 0) is 4.79 Å². The summed E-state index contributed by atoms with van der Waals surface area (Å²) in [6, 6.07) is 5.83. The Labute approximate surface area is 96.5 Å². The van der Waals surface area contributed by atoms with Gasteiger partial charge < -0.3 is 14.3 Å². The maximum atomic E-state index is 10.3. The highest BCUT2D eigenvalue weighted by atomic mass is 79.9. The molecule has 0 amide bonds. The molecule has 1 aromatic rings. The van der Waals surface area contributed by atoms with Gasteiger partial charge in [-0.05, 0) is 24.1 Å². The van der Waals surface area contributed by atoms with Crippen molar-refractivity contribution in [2.45, 2.75) is 17.7 Å². The van der Waals surface area contributed by atoms with E-state index in [4.69, 9.17) is 9.47 Å². The maximum Gasteiger partial charge on any atom is 0.231 e. The fourth-order valence-electron chi connectivity index (χ4n) is 1.49. The number of carbonyl (C=O) groups is 1. The molecular weight excluding hydrogens is 260 g/mol. The number of benzene rings is 1. The van der Waals surface area contributed by atoms with Crippen LogP contribution in [-0.4, -0.2) is 13.1 Å². The summed E-state index contributed by atoms with van der Waals surface area (Å²) in [6.45, 7) is 0.292. The number of ether oxygens (including phenoxy) is 2. The van der Waals surface area contributed by atoms with Gasteiger partial charge in [0, 0.05) is 11.2 Å². The number of rotatable bonds is 4. The Bertz CT molecular complexity index is 365. The molecule has 0 saturated heterocycles. The Morgan fingerprint density at radius 1 is 1.40 bits per heavy atom. The van der Waals surface area contributed by atoms with Gasteiger partial charge >= 0.3 is 0 Å². The quantitative estimate of drug-likeness (QED) is 0.624. The van der Waals surface area contributed by atoms with E-state index in [0.717, 1.165) is 29.8 Å². The van der Waals surface area contributed by atoms with Gasteiger partial charge in [0.05, 0.1) is 0 Å². The third-order valence-electron chi connectivity index (χ3n) is 2.30. The predicted molar refractivity (Wildman–Crippen MR) is 59.5 cm³/mol. The number of hydrogen-bond donors (Lipinski definition) is 0. The molecule has 0 saturated carbocycles. The van der Waals surface area contributed by atoms with Crippen LogP contribution in [0.25, 0.3) is 0 Å². The average molecular weight is 271 g/mol. The number of carbonyl (C=O) groups excluding carboxylic acids is 1. The van der Waals surface area contributed by atoms with Crippen molar-refractivity contribution in [1.82, 2.24) is 0 Å². The second-order valence-electron chi connectivity index (χ2n) is 3.32. The van der Waals surface area contributed by atoms with Crippen LogP contribution in [0.2, 0.25) is 0 Å². The Hall–Kier alpha value is -1.03. The van der Waals surface area contributed by atoms with Gasteiger partial charge in [-0.2, -0.15) is 0 Å². The Morgan fingerprint density at radius 3 is 3.00 bits per heavy atom. The monoisotopic (exact) mass is 270 g/mol. The molecule has 15 heavy (non-hydrogen) atoms. The molecule has 0 radical (unpaired) electrons. The van der Waals surface area contributed by atoms with Crippen molar-refractivity contribution in [2.24, 2.45) is 0 Å². The smallest absolute Gasteiger partial charge is 0.231 e. The van der Waals surface area contributed by atoms with E-state index in [2.05, 4.69) is 15.9 Å². The summed E-state index contributed by atoms with van der Waals surface area (Å²) in [5.41, 5.74) is 1.11. The van der Waals surface area contributed by atoms with E-state index >= 15 is 0 Å². The lowest BCUT2D eigenvalue weighted by molar-refractivity contribution is -0.107. The zero-order valence-corrected chi connectivity index (χ0v) is 9.70. The third-order valence-corrected chi connectivity index (χ3v) is 3.28. The standard InChI is InChI=1S/C11H11BrO3/c12-9(2-1-5-13)8-3-4-10-11(6-8)15-7-14-10/h3-6,9H,1-2,7H2. The summed E-state index contributed by atoms with van der Waals surface area (Å²) in [5.74, 6) is 1.57. The molecule has 3 nitrogen and oxygen atoms in total. The number of fused-ring (bicyclic) bond motifs is 1. The highest BCUT2D eigenvalue weighted by molar-refractivity contribution is 9.09. The van der Waals surface area contributed by atoms with E-state index in [1.807, 2.05) is 18.2 Å². The van der Waals surface area contributed by atoms with Gasteiger partial charge in [-0.3, -0.25) is 0 Å². The van der Waals surface area contributed by atoms with Gasteiger partial charge in [-0.25, -0.2) is 0 Å². The largest absolute Gasteiger partial charge is 0.454 e. The van der Waals surface area contributed by atoms with Crippen molar-refractivity contribution < 1.29 is 14.3 Å². The minimum Gasteiger partial charge on any atom is -0.454 e. The molecule has 1 unspecified atom stereocenters. The molecule has 0 spiro atoms. The topological polar surface area (TPSA) is 35.5 Å². The van der Waals surface area contributed by atoms with Crippen molar-refractivity contribution in [2.75, 3.05) is 6.79 Å². The summed E-state index contributed by atoms with van der Waals surface area (Å²) in [5, 5.41) is 0. The molecular formula is C11H11BrO3. The lowest BCUT2D eigenvalue weighted by Crippen LogP contribution is -1.93. The first-order valence-corrected chi connectivity index (χ1v) is 5.70. The average Bonchev–Trinajstić information content (AvgIpc) is 2.72. The Balaban J connectivity index is 2.11. The number of aldehydes is 1. The molecule has 1 aromatic carbocycles. The van der Waals surface area contributed by atoms with Crippen LogP contribution in [0.4, 0.5) is 0 Å².